The summed E-state index contributed by atoms with van der Waals surface area (Å²) in [5, 5.41) is 30.9. The second-order valence-electron chi connectivity index (χ2n) is 12.2. The molecular formula is C36H53ClN4O12. The van der Waals surface area contributed by atoms with Gasteiger partial charge in [0.2, 0.25) is 0 Å². The van der Waals surface area contributed by atoms with Crippen LogP contribution in [0.15, 0.2) is 36.4 Å². The van der Waals surface area contributed by atoms with Crippen molar-refractivity contribution in [1.82, 2.24) is 9.80 Å². The lowest BCUT2D eigenvalue weighted by Crippen LogP contribution is -2.33. The van der Waals surface area contributed by atoms with Gasteiger partial charge in [-0.15, -0.1) is 11.6 Å². The van der Waals surface area contributed by atoms with Crippen LogP contribution in [0.5, 0.6) is 23.0 Å². The minimum atomic E-state index is -0.583. The van der Waals surface area contributed by atoms with Crippen molar-refractivity contribution in [3.63, 3.8) is 0 Å². The lowest BCUT2D eigenvalue weighted by atomic mass is 10.1. The molecule has 2 aliphatic rings. The van der Waals surface area contributed by atoms with Gasteiger partial charge in [-0.1, -0.05) is 12.8 Å². The van der Waals surface area contributed by atoms with Crippen molar-refractivity contribution in [2.75, 3.05) is 79.2 Å². The largest absolute Gasteiger partial charge is 0.504 e. The van der Waals surface area contributed by atoms with Gasteiger partial charge in [-0.3, -0.25) is 34.7 Å². The molecule has 2 heterocycles. The number of phenols is 1. The van der Waals surface area contributed by atoms with Gasteiger partial charge in [0.1, 0.15) is 6.61 Å². The molecule has 0 spiro atoms. The predicted molar refractivity (Wildman–Crippen MR) is 198 cm³/mol. The molecule has 1 N–H and O–H groups in total. The highest BCUT2D eigenvalue weighted by molar-refractivity contribution is 6.18. The lowest BCUT2D eigenvalue weighted by molar-refractivity contribution is -0.385. The maximum Gasteiger partial charge on any atom is 0.305 e. The number of alkyl halides is 1. The molecule has 4 rings (SSSR count). The molecule has 2 saturated heterocycles. The molecule has 0 radical (unpaired) electrons. The van der Waals surface area contributed by atoms with Crippen LogP contribution in [0.25, 0.3) is 0 Å². The summed E-state index contributed by atoms with van der Waals surface area (Å²) < 4.78 is 25.6. The molecule has 0 bridgehead atoms. The third-order valence-corrected chi connectivity index (χ3v) is 8.45. The summed E-state index contributed by atoms with van der Waals surface area (Å²) in [6.45, 7) is 7.51. The maximum absolute atomic E-state index is 11.1. The normalized spacial score (nSPS) is 14.3. The molecule has 2 aromatic rings. The first kappa shape index (κ1) is 44.7. The number of nitro groups is 2. The Morgan fingerprint density at radius 3 is 1.62 bits per heavy atom. The van der Waals surface area contributed by atoms with Crippen LogP contribution < -0.4 is 14.2 Å². The number of halogens is 1. The molecule has 2 aromatic carbocycles. The number of phenolic OH excluding ortho intramolecular Hbond substituents is 1. The molecule has 0 unspecified atom stereocenters. The van der Waals surface area contributed by atoms with Crippen LogP contribution >= 0.6 is 11.6 Å². The molecular weight excluding hydrogens is 716 g/mol. The Kier molecular flexibility index (Phi) is 22.3. The monoisotopic (exact) mass is 768 g/mol. The Labute approximate surface area is 315 Å². The van der Waals surface area contributed by atoms with E-state index in [1.807, 2.05) is 0 Å². The van der Waals surface area contributed by atoms with Gasteiger partial charge in [-0.05, 0) is 76.8 Å². The lowest BCUT2D eigenvalue weighted by Gasteiger charge is -2.26. The first-order valence-corrected chi connectivity index (χ1v) is 18.4. The van der Waals surface area contributed by atoms with E-state index in [1.54, 1.807) is 6.07 Å². The van der Waals surface area contributed by atoms with E-state index in [-0.39, 0.29) is 60.9 Å². The Balaban J connectivity index is 0.000000309. The Morgan fingerprint density at radius 2 is 1.13 bits per heavy atom. The number of aromatic hydroxyl groups is 1. The SMILES string of the molecule is COC(=O)CCCOc1cc([N+](=O)[O-])ccc1O.COC(=O)CCCOc1cc([N+](=O)[O-])ccc1OCCN1CCCCC1.ClCCN1CCCCC1. The third-order valence-electron chi connectivity index (χ3n) is 8.28. The highest BCUT2D eigenvalue weighted by Gasteiger charge is 2.16. The number of rotatable bonds is 18. The van der Waals surface area contributed by atoms with E-state index < -0.39 is 9.85 Å². The molecule has 2 aliphatic heterocycles. The number of nitro benzene ring substituents is 2. The molecule has 296 valence electrons. The van der Waals surface area contributed by atoms with Gasteiger partial charge >= 0.3 is 11.9 Å². The van der Waals surface area contributed by atoms with Crippen LogP contribution in [0.1, 0.15) is 64.2 Å². The molecule has 16 nitrogen and oxygen atoms in total. The molecule has 0 atom stereocenters. The van der Waals surface area contributed by atoms with Crippen LogP contribution in [-0.4, -0.2) is 116 Å². The Morgan fingerprint density at radius 1 is 0.679 bits per heavy atom. The summed E-state index contributed by atoms with van der Waals surface area (Å²) in [4.78, 5) is 47.2. The van der Waals surface area contributed by atoms with E-state index in [4.69, 9.17) is 25.8 Å². The molecule has 0 amide bonds. The van der Waals surface area contributed by atoms with Gasteiger partial charge < -0.3 is 33.7 Å². The standard InChI is InChI=1S/C18H26N2O6.C11H13NO6.C7H14ClN/c1-24-18(21)6-5-12-25-17-14-15(20(22)23)7-8-16(17)26-13-11-19-9-3-2-4-10-19;1-17-11(14)3-2-6-18-10-7-8(12(15)16)4-5-9(10)13;8-4-7-9-5-2-1-3-6-9/h7-8,14H,2-6,9-13H2,1H3;4-5,7,13H,2-3,6H2,1H3;1-7H2. The van der Waals surface area contributed by atoms with E-state index in [9.17, 15) is 34.9 Å². The summed E-state index contributed by atoms with van der Waals surface area (Å²) >= 11 is 5.59. The number of ether oxygens (including phenoxy) is 5. The van der Waals surface area contributed by atoms with Crippen molar-refractivity contribution in [2.24, 2.45) is 0 Å². The van der Waals surface area contributed by atoms with E-state index in [2.05, 4.69) is 19.3 Å². The van der Waals surface area contributed by atoms with E-state index in [0.717, 1.165) is 38.1 Å². The number of hydrogen-bond donors (Lipinski definition) is 1. The zero-order chi connectivity index (χ0) is 38.8. The number of likely N-dealkylation sites (tertiary alicyclic amines) is 2. The van der Waals surface area contributed by atoms with Crippen molar-refractivity contribution in [3.05, 3.63) is 56.6 Å². The highest BCUT2D eigenvalue weighted by atomic mass is 35.5. The minimum absolute atomic E-state index is 0.0223. The van der Waals surface area contributed by atoms with Crippen molar-refractivity contribution < 1.29 is 48.2 Å². The van der Waals surface area contributed by atoms with Crippen LogP contribution in [0.3, 0.4) is 0 Å². The number of carbonyl (C=O) groups excluding carboxylic acids is 2. The van der Waals surface area contributed by atoms with Crippen molar-refractivity contribution in [3.8, 4) is 23.0 Å². The molecule has 17 heteroatoms. The molecule has 0 saturated carbocycles. The summed E-state index contributed by atoms with van der Waals surface area (Å²) in [5.41, 5.74) is -0.230. The average molecular weight is 769 g/mol. The molecule has 0 aliphatic carbocycles. The number of piperidine rings is 2. The number of non-ortho nitro benzene ring substituents is 2. The summed E-state index contributed by atoms with van der Waals surface area (Å²) in [6, 6.07) is 7.81. The fraction of sp³-hybridized carbons (Fsp3) is 0.611. The predicted octanol–water partition coefficient (Wildman–Crippen LogP) is 6.14. The van der Waals surface area contributed by atoms with Gasteiger partial charge in [-0.25, -0.2) is 0 Å². The van der Waals surface area contributed by atoms with E-state index >= 15 is 0 Å². The average Bonchev–Trinajstić information content (AvgIpc) is 3.17. The zero-order valence-electron chi connectivity index (χ0n) is 30.7. The first-order valence-electron chi connectivity index (χ1n) is 17.9. The number of methoxy groups -OCH3 is 2. The summed E-state index contributed by atoms with van der Waals surface area (Å²) in [7, 11) is 2.62. The first-order chi connectivity index (χ1) is 25.6. The molecule has 2 fully saturated rings. The summed E-state index contributed by atoms with van der Waals surface area (Å²) in [6.07, 6.45) is 9.15. The van der Waals surface area contributed by atoms with Crippen LogP contribution in [0.2, 0.25) is 0 Å². The number of esters is 2. The topological polar surface area (TPSA) is 193 Å². The summed E-state index contributed by atoms with van der Waals surface area (Å²) in [5.74, 6) is 0.758. The van der Waals surface area contributed by atoms with Crippen LogP contribution in [0, 0.1) is 20.2 Å². The molecule has 0 aromatic heterocycles. The number of nitrogens with zero attached hydrogens (tertiary/aromatic N) is 4. The third kappa shape index (κ3) is 18.8. The fourth-order valence-corrected chi connectivity index (χ4v) is 5.59. The minimum Gasteiger partial charge on any atom is -0.504 e. The van der Waals surface area contributed by atoms with Gasteiger partial charge in [-0.2, -0.15) is 0 Å². The van der Waals surface area contributed by atoms with Crippen LogP contribution in [-0.2, 0) is 19.1 Å². The van der Waals surface area contributed by atoms with Crippen molar-refractivity contribution >= 4 is 34.9 Å². The number of hydrogen-bond acceptors (Lipinski definition) is 14. The van der Waals surface area contributed by atoms with Gasteiger partial charge in [0.05, 0.1) is 49.4 Å². The van der Waals surface area contributed by atoms with Gasteiger partial charge in [0.25, 0.3) is 11.4 Å². The highest BCUT2D eigenvalue weighted by Crippen LogP contribution is 2.32. The second kappa shape index (κ2) is 26.4. The van der Waals surface area contributed by atoms with Gasteiger partial charge in [0, 0.05) is 43.9 Å². The second-order valence-corrected chi connectivity index (χ2v) is 12.6. The molecule has 53 heavy (non-hydrogen) atoms. The number of carbonyl (C=O) groups is 2. The zero-order valence-corrected chi connectivity index (χ0v) is 31.5. The van der Waals surface area contributed by atoms with Gasteiger partial charge in [0.15, 0.2) is 23.0 Å². The fourth-order valence-electron chi connectivity index (χ4n) is 5.35. The van der Waals surface area contributed by atoms with E-state index in [1.165, 1.54) is 90.1 Å². The Hall–Kier alpha value is -4.41. The van der Waals surface area contributed by atoms with Crippen molar-refractivity contribution in [1.29, 1.82) is 0 Å². The van der Waals surface area contributed by atoms with Crippen molar-refractivity contribution in [2.45, 2.75) is 64.2 Å². The smallest absolute Gasteiger partial charge is 0.305 e. The number of benzene rings is 2. The van der Waals surface area contributed by atoms with E-state index in [0.29, 0.717) is 30.9 Å². The quantitative estimate of drug-likeness (QED) is 0.0598. The maximum atomic E-state index is 11.1. The van der Waals surface area contributed by atoms with Crippen LogP contribution in [0.4, 0.5) is 11.4 Å². The Bertz CT molecular complexity index is 1400.